The van der Waals surface area contributed by atoms with E-state index in [0.29, 0.717) is 6.54 Å². The predicted molar refractivity (Wildman–Crippen MR) is 75.9 cm³/mol. The smallest absolute Gasteiger partial charge is 0.146 e. The molecule has 2 aromatic heterocycles. The van der Waals surface area contributed by atoms with Crippen molar-refractivity contribution >= 4 is 50.5 Å². The molecule has 17 heavy (non-hydrogen) atoms. The average Bonchev–Trinajstić information content (AvgIpc) is 2.74. The molecule has 0 spiro atoms. The van der Waals surface area contributed by atoms with E-state index in [-0.39, 0.29) is 0 Å². The van der Waals surface area contributed by atoms with Crippen LogP contribution in [-0.2, 0) is 6.54 Å². The Morgan fingerprint density at radius 3 is 2.76 bits per heavy atom. The van der Waals surface area contributed by atoms with Crippen LogP contribution in [0.15, 0.2) is 22.9 Å². The minimum Gasteiger partial charge on any atom is -0.372 e. The molecule has 90 valence electrons. The number of nitrogens with one attached hydrogen (secondary N) is 2. The highest BCUT2D eigenvalue weighted by Crippen LogP contribution is 2.27. The Morgan fingerprint density at radius 2 is 2.12 bits per heavy atom. The summed E-state index contributed by atoms with van der Waals surface area (Å²) in [5.74, 6) is 1.51. The lowest BCUT2D eigenvalue weighted by Gasteiger charge is -2.08. The number of nitrogens with zero attached hydrogens (tertiary/aromatic N) is 2. The molecule has 0 saturated heterocycles. The molecule has 0 radical (unpaired) electrons. The molecule has 2 N–H and O–H groups in total. The second-order valence-electron chi connectivity index (χ2n) is 3.19. The third-order valence-corrected chi connectivity index (χ3v) is 4.07. The third-order valence-electron chi connectivity index (χ3n) is 2.09. The molecule has 2 rings (SSSR count). The Kier molecular flexibility index (Phi) is 4.20. The first kappa shape index (κ1) is 12.6. The van der Waals surface area contributed by atoms with Crippen molar-refractivity contribution < 1.29 is 0 Å². The van der Waals surface area contributed by atoms with Gasteiger partial charge in [0.1, 0.15) is 22.4 Å². The normalized spacial score (nSPS) is 10.3. The highest BCUT2D eigenvalue weighted by Gasteiger charge is 2.07. The molecular formula is C10H10BrClN4S. The van der Waals surface area contributed by atoms with Crippen LogP contribution in [0.5, 0.6) is 0 Å². The average molecular weight is 334 g/mol. The first-order chi connectivity index (χ1) is 8.20. The fourth-order valence-corrected chi connectivity index (χ4v) is 2.86. The predicted octanol–water partition coefficient (Wildman–Crippen LogP) is 3.61. The van der Waals surface area contributed by atoms with Gasteiger partial charge in [-0.05, 0) is 28.1 Å². The standard InChI is InChI=1S/C10H10BrClN4S/c1-13-9-8(11)10(16-5-15-9)14-4-6-2-3-7(12)17-6/h2-3,5H,4H2,1H3,(H2,13,14,15,16). The van der Waals surface area contributed by atoms with Crippen LogP contribution in [0.1, 0.15) is 4.88 Å². The van der Waals surface area contributed by atoms with E-state index >= 15 is 0 Å². The minimum atomic E-state index is 0.691. The highest BCUT2D eigenvalue weighted by atomic mass is 79.9. The fourth-order valence-electron chi connectivity index (χ4n) is 1.28. The van der Waals surface area contributed by atoms with Crippen molar-refractivity contribution in [2.75, 3.05) is 17.7 Å². The summed E-state index contributed by atoms with van der Waals surface area (Å²) in [6.45, 7) is 0.691. The number of thiophene rings is 1. The van der Waals surface area contributed by atoms with Gasteiger partial charge in [-0.2, -0.15) is 0 Å². The van der Waals surface area contributed by atoms with Crippen LogP contribution in [0.2, 0.25) is 4.34 Å². The zero-order chi connectivity index (χ0) is 12.3. The SMILES string of the molecule is CNc1ncnc(NCc2ccc(Cl)s2)c1Br. The number of hydrogen-bond donors (Lipinski definition) is 2. The largest absolute Gasteiger partial charge is 0.372 e. The Bertz CT molecular complexity index is 517. The van der Waals surface area contributed by atoms with Gasteiger partial charge >= 0.3 is 0 Å². The van der Waals surface area contributed by atoms with Gasteiger partial charge in [0, 0.05) is 11.9 Å². The Morgan fingerprint density at radius 1 is 1.35 bits per heavy atom. The minimum absolute atomic E-state index is 0.691. The second-order valence-corrected chi connectivity index (χ2v) is 5.79. The molecule has 0 saturated carbocycles. The van der Waals surface area contributed by atoms with E-state index in [2.05, 4.69) is 36.5 Å². The first-order valence-electron chi connectivity index (χ1n) is 4.87. The first-order valence-corrected chi connectivity index (χ1v) is 6.86. The summed E-state index contributed by atoms with van der Waals surface area (Å²) in [7, 11) is 1.82. The van der Waals surface area contributed by atoms with Crippen LogP contribution in [0.3, 0.4) is 0 Å². The molecule has 0 fully saturated rings. The van der Waals surface area contributed by atoms with Crippen molar-refractivity contribution in [1.29, 1.82) is 0 Å². The molecule has 0 aromatic carbocycles. The molecule has 2 aromatic rings. The third kappa shape index (κ3) is 3.08. The van der Waals surface area contributed by atoms with Gasteiger partial charge in [0.15, 0.2) is 0 Å². The molecule has 0 atom stereocenters. The lowest BCUT2D eigenvalue weighted by molar-refractivity contribution is 1.08. The molecule has 0 unspecified atom stereocenters. The van der Waals surface area contributed by atoms with E-state index in [9.17, 15) is 0 Å². The molecule has 0 aliphatic rings. The van der Waals surface area contributed by atoms with Crippen molar-refractivity contribution in [1.82, 2.24) is 9.97 Å². The molecule has 7 heteroatoms. The number of rotatable bonds is 4. The van der Waals surface area contributed by atoms with E-state index in [1.54, 1.807) is 11.3 Å². The van der Waals surface area contributed by atoms with Crippen LogP contribution >= 0.6 is 38.9 Å². The van der Waals surface area contributed by atoms with E-state index in [4.69, 9.17) is 11.6 Å². The quantitative estimate of drug-likeness (QED) is 0.897. The molecule has 4 nitrogen and oxygen atoms in total. The van der Waals surface area contributed by atoms with Crippen LogP contribution in [0, 0.1) is 0 Å². The zero-order valence-electron chi connectivity index (χ0n) is 9.00. The second kappa shape index (κ2) is 5.66. The van der Waals surface area contributed by atoms with Gasteiger partial charge in [-0.1, -0.05) is 11.6 Å². The van der Waals surface area contributed by atoms with Gasteiger partial charge in [-0.15, -0.1) is 11.3 Å². The van der Waals surface area contributed by atoms with Gasteiger partial charge in [0.2, 0.25) is 0 Å². The van der Waals surface area contributed by atoms with E-state index in [1.807, 2.05) is 19.2 Å². The Balaban J connectivity index is 2.09. The molecule has 0 amide bonds. The number of halogens is 2. The maximum atomic E-state index is 5.87. The van der Waals surface area contributed by atoms with Crippen LogP contribution < -0.4 is 10.6 Å². The van der Waals surface area contributed by atoms with Gasteiger partial charge in [0.25, 0.3) is 0 Å². The molecule has 0 aliphatic heterocycles. The van der Waals surface area contributed by atoms with Crippen LogP contribution in [-0.4, -0.2) is 17.0 Å². The highest BCUT2D eigenvalue weighted by molar-refractivity contribution is 9.10. The van der Waals surface area contributed by atoms with Crippen molar-refractivity contribution in [2.45, 2.75) is 6.54 Å². The fraction of sp³-hybridized carbons (Fsp3) is 0.200. The summed E-state index contributed by atoms with van der Waals surface area (Å²) in [6.07, 6.45) is 1.51. The summed E-state index contributed by atoms with van der Waals surface area (Å²) in [5.41, 5.74) is 0. The maximum absolute atomic E-state index is 5.87. The summed E-state index contributed by atoms with van der Waals surface area (Å²) in [5, 5.41) is 6.21. The molecule has 0 bridgehead atoms. The number of anilines is 2. The van der Waals surface area contributed by atoms with Crippen molar-refractivity contribution in [2.24, 2.45) is 0 Å². The summed E-state index contributed by atoms with van der Waals surface area (Å²) < 4.78 is 1.62. The van der Waals surface area contributed by atoms with Crippen molar-refractivity contribution in [3.8, 4) is 0 Å². The summed E-state index contributed by atoms with van der Waals surface area (Å²) in [4.78, 5) is 9.42. The maximum Gasteiger partial charge on any atom is 0.146 e. The number of hydrogen-bond acceptors (Lipinski definition) is 5. The van der Waals surface area contributed by atoms with Crippen LogP contribution in [0.25, 0.3) is 0 Å². The Labute approximate surface area is 117 Å². The Hall–Kier alpha value is -0.850. The molecular weight excluding hydrogens is 324 g/mol. The molecule has 2 heterocycles. The number of aromatic nitrogens is 2. The van der Waals surface area contributed by atoms with E-state index in [1.165, 1.54) is 6.33 Å². The molecule has 0 aliphatic carbocycles. The van der Waals surface area contributed by atoms with E-state index in [0.717, 1.165) is 25.3 Å². The van der Waals surface area contributed by atoms with Gasteiger partial charge in [-0.3, -0.25) is 0 Å². The van der Waals surface area contributed by atoms with Gasteiger partial charge < -0.3 is 10.6 Å². The lowest BCUT2D eigenvalue weighted by atomic mass is 10.4. The topological polar surface area (TPSA) is 49.8 Å². The van der Waals surface area contributed by atoms with Gasteiger partial charge in [-0.25, -0.2) is 9.97 Å². The summed E-state index contributed by atoms with van der Waals surface area (Å²) >= 11 is 10.9. The van der Waals surface area contributed by atoms with Gasteiger partial charge in [0.05, 0.1) is 10.9 Å². The van der Waals surface area contributed by atoms with Crippen molar-refractivity contribution in [3.05, 3.63) is 32.1 Å². The zero-order valence-corrected chi connectivity index (χ0v) is 12.2. The van der Waals surface area contributed by atoms with E-state index < -0.39 is 0 Å². The summed E-state index contributed by atoms with van der Waals surface area (Å²) in [6, 6.07) is 3.88. The lowest BCUT2D eigenvalue weighted by Crippen LogP contribution is -2.03. The van der Waals surface area contributed by atoms with Crippen LogP contribution in [0.4, 0.5) is 11.6 Å². The van der Waals surface area contributed by atoms with Crippen molar-refractivity contribution in [3.63, 3.8) is 0 Å². The monoisotopic (exact) mass is 332 g/mol.